The van der Waals surface area contributed by atoms with Crippen LogP contribution in [0.1, 0.15) is 42.1 Å². The highest BCUT2D eigenvalue weighted by Gasteiger charge is 2.07. The summed E-state index contributed by atoms with van der Waals surface area (Å²) in [6, 6.07) is 5.79. The summed E-state index contributed by atoms with van der Waals surface area (Å²) in [5.41, 5.74) is 1.77. The van der Waals surface area contributed by atoms with Crippen molar-refractivity contribution in [3.05, 3.63) is 39.8 Å². The van der Waals surface area contributed by atoms with Crippen LogP contribution < -0.4 is 10.1 Å². The normalized spacial score (nSPS) is 10.9. The molecule has 0 aliphatic rings. The number of nitrogens with one attached hydrogen (secondary N) is 1. The van der Waals surface area contributed by atoms with Gasteiger partial charge in [0.05, 0.1) is 24.8 Å². The van der Waals surface area contributed by atoms with E-state index in [0.717, 1.165) is 28.6 Å². The molecule has 114 valence electrons. The first-order valence-corrected chi connectivity index (χ1v) is 8.00. The molecular formula is C16H22N2O2S. The zero-order valence-electron chi connectivity index (χ0n) is 12.7. The fourth-order valence-corrected chi connectivity index (χ4v) is 2.83. The Morgan fingerprint density at radius 2 is 2.19 bits per heavy atom. The van der Waals surface area contributed by atoms with E-state index in [9.17, 15) is 5.11 Å². The summed E-state index contributed by atoms with van der Waals surface area (Å²) in [4.78, 5) is 5.63. The molecule has 0 amide bonds. The van der Waals surface area contributed by atoms with Crippen molar-refractivity contribution >= 4 is 17.0 Å². The van der Waals surface area contributed by atoms with Crippen LogP contribution in [-0.4, -0.2) is 16.7 Å². The second-order valence-electron chi connectivity index (χ2n) is 5.09. The number of hydrogen-bond acceptors (Lipinski definition) is 5. The van der Waals surface area contributed by atoms with Gasteiger partial charge in [-0.15, -0.1) is 11.3 Å². The fraction of sp³-hybridized carbons (Fsp3) is 0.438. The molecule has 0 saturated heterocycles. The number of ether oxygens (including phenoxy) is 1. The minimum absolute atomic E-state index is 0.0249. The second-order valence-corrected chi connectivity index (χ2v) is 6.23. The lowest BCUT2D eigenvalue weighted by Gasteiger charge is -2.11. The van der Waals surface area contributed by atoms with Gasteiger partial charge in [0.15, 0.2) is 0 Å². The first-order chi connectivity index (χ1) is 10.1. The molecule has 2 rings (SSSR count). The van der Waals surface area contributed by atoms with Crippen LogP contribution in [0.15, 0.2) is 24.4 Å². The molecule has 0 fully saturated rings. The molecule has 21 heavy (non-hydrogen) atoms. The van der Waals surface area contributed by atoms with E-state index < -0.39 is 0 Å². The van der Waals surface area contributed by atoms with Crippen molar-refractivity contribution in [2.75, 3.05) is 11.9 Å². The molecule has 2 N–H and O–H groups in total. The second kappa shape index (κ2) is 7.43. The lowest BCUT2D eigenvalue weighted by Crippen LogP contribution is -2.01. The largest absolute Gasteiger partial charge is 0.494 e. The van der Waals surface area contributed by atoms with Gasteiger partial charge < -0.3 is 15.2 Å². The van der Waals surface area contributed by atoms with E-state index in [1.54, 1.807) is 11.3 Å². The van der Waals surface area contributed by atoms with Gasteiger partial charge in [-0.2, -0.15) is 0 Å². The molecule has 0 spiro atoms. The topological polar surface area (TPSA) is 54.4 Å². The minimum atomic E-state index is -0.0249. The van der Waals surface area contributed by atoms with Crippen LogP contribution in [0.5, 0.6) is 5.75 Å². The maximum absolute atomic E-state index is 9.40. The van der Waals surface area contributed by atoms with E-state index in [0.29, 0.717) is 12.5 Å². The number of aliphatic hydroxyl groups excluding tert-OH is 1. The maximum atomic E-state index is 9.40. The molecule has 2 aromatic rings. The summed E-state index contributed by atoms with van der Waals surface area (Å²) < 4.78 is 5.48. The first kappa shape index (κ1) is 15.8. The van der Waals surface area contributed by atoms with E-state index >= 15 is 0 Å². The number of aliphatic hydroxyl groups is 1. The third kappa shape index (κ3) is 4.19. The summed E-state index contributed by atoms with van der Waals surface area (Å²) in [7, 11) is 0. The molecule has 5 heteroatoms. The van der Waals surface area contributed by atoms with Crippen LogP contribution in [0.25, 0.3) is 0 Å². The third-order valence-electron chi connectivity index (χ3n) is 3.06. The van der Waals surface area contributed by atoms with E-state index in [2.05, 4.69) is 24.1 Å². The Morgan fingerprint density at radius 1 is 1.38 bits per heavy atom. The number of benzene rings is 1. The average molecular weight is 306 g/mol. The predicted molar refractivity (Wildman–Crippen MR) is 87.1 cm³/mol. The summed E-state index contributed by atoms with van der Waals surface area (Å²) in [5, 5.41) is 13.9. The summed E-state index contributed by atoms with van der Waals surface area (Å²) in [6.45, 7) is 7.54. The molecule has 0 unspecified atom stereocenters. The zero-order chi connectivity index (χ0) is 15.2. The van der Waals surface area contributed by atoms with Gasteiger partial charge in [0, 0.05) is 28.2 Å². The number of nitrogens with zero attached hydrogens (tertiary/aromatic N) is 1. The summed E-state index contributed by atoms with van der Waals surface area (Å²) >= 11 is 1.73. The average Bonchev–Trinajstić information content (AvgIpc) is 2.95. The third-order valence-corrected chi connectivity index (χ3v) is 4.36. The number of hydrogen-bond donors (Lipinski definition) is 2. The van der Waals surface area contributed by atoms with Gasteiger partial charge in [-0.05, 0) is 25.1 Å². The monoisotopic (exact) mass is 306 g/mol. The molecule has 0 aliphatic carbocycles. The van der Waals surface area contributed by atoms with E-state index in [1.165, 1.54) is 4.88 Å². The lowest BCUT2D eigenvalue weighted by molar-refractivity contribution is 0.267. The van der Waals surface area contributed by atoms with Crippen molar-refractivity contribution < 1.29 is 9.84 Å². The number of rotatable bonds is 7. The van der Waals surface area contributed by atoms with Crippen LogP contribution in [0.4, 0.5) is 5.69 Å². The van der Waals surface area contributed by atoms with Gasteiger partial charge in [0.2, 0.25) is 0 Å². The van der Waals surface area contributed by atoms with Gasteiger partial charge in [-0.1, -0.05) is 13.8 Å². The number of thiazole rings is 1. The van der Waals surface area contributed by atoms with Crippen LogP contribution in [0.2, 0.25) is 0 Å². The Kier molecular flexibility index (Phi) is 5.59. The highest BCUT2D eigenvalue weighted by molar-refractivity contribution is 7.11. The van der Waals surface area contributed by atoms with Gasteiger partial charge >= 0.3 is 0 Å². The molecule has 1 heterocycles. The van der Waals surface area contributed by atoms with E-state index in [1.807, 2.05) is 31.3 Å². The first-order valence-electron chi connectivity index (χ1n) is 7.19. The summed E-state index contributed by atoms with van der Waals surface area (Å²) in [5.74, 6) is 1.21. The molecule has 0 saturated carbocycles. The molecule has 1 aromatic heterocycles. The van der Waals surface area contributed by atoms with Gasteiger partial charge in [-0.3, -0.25) is 0 Å². The molecule has 1 aromatic carbocycles. The van der Waals surface area contributed by atoms with Crippen LogP contribution >= 0.6 is 11.3 Å². The number of anilines is 1. The predicted octanol–water partition coefficient (Wildman–Crippen LogP) is 3.77. The Balaban J connectivity index is 2.02. The highest BCUT2D eigenvalue weighted by Crippen LogP contribution is 2.25. The van der Waals surface area contributed by atoms with Crippen molar-refractivity contribution in [1.29, 1.82) is 0 Å². The quantitative estimate of drug-likeness (QED) is 0.817. The molecule has 4 nitrogen and oxygen atoms in total. The van der Waals surface area contributed by atoms with Crippen molar-refractivity contribution in [2.45, 2.75) is 39.8 Å². The van der Waals surface area contributed by atoms with Gasteiger partial charge in [0.1, 0.15) is 5.75 Å². The Morgan fingerprint density at radius 3 is 2.81 bits per heavy atom. The SMILES string of the molecule is CCOc1ccc(NCc2cnc(C(C)C)s2)cc1CO. The van der Waals surface area contributed by atoms with Gasteiger partial charge in [-0.25, -0.2) is 4.98 Å². The van der Waals surface area contributed by atoms with E-state index in [-0.39, 0.29) is 6.61 Å². The van der Waals surface area contributed by atoms with Crippen LogP contribution in [0, 0.1) is 0 Å². The van der Waals surface area contributed by atoms with Crippen LogP contribution in [-0.2, 0) is 13.2 Å². The Bertz CT molecular complexity index is 581. The standard InChI is InChI=1S/C16H22N2O2S/c1-4-20-15-6-5-13(7-12(15)10-19)17-8-14-9-18-16(21-14)11(2)3/h5-7,9,11,17,19H,4,8,10H2,1-3H3. The van der Waals surface area contributed by atoms with Crippen LogP contribution in [0.3, 0.4) is 0 Å². The molecule has 0 aliphatic heterocycles. The molecular weight excluding hydrogens is 284 g/mol. The van der Waals surface area contributed by atoms with Crippen molar-refractivity contribution in [3.8, 4) is 5.75 Å². The Hall–Kier alpha value is -1.59. The fourth-order valence-electron chi connectivity index (χ4n) is 1.97. The molecule has 0 radical (unpaired) electrons. The summed E-state index contributed by atoms with van der Waals surface area (Å²) in [6.07, 6.45) is 1.93. The smallest absolute Gasteiger partial charge is 0.124 e. The van der Waals surface area contributed by atoms with Crippen molar-refractivity contribution in [2.24, 2.45) is 0 Å². The van der Waals surface area contributed by atoms with Gasteiger partial charge in [0.25, 0.3) is 0 Å². The maximum Gasteiger partial charge on any atom is 0.124 e. The van der Waals surface area contributed by atoms with Crippen molar-refractivity contribution in [3.63, 3.8) is 0 Å². The highest BCUT2D eigenvalue weighted by atomic mass is 32.1. The van der Waals surface area contributed by atoms with E-state index in [4.69, 9.17) is 4.74 Å². The Labute approximate surface area is 129 Å². The molecule has 0 atom stereocenters. The number of aromatic nitrogens is 1. The zero-order valence-corrected chi connectivity index (χ0v) is 13.5. The molecule has 0 bridgehead atoms. The van der Waals surface area contributed by atoms with Crippen molar-refractivity contribution in [1.82, 2.24) is 4.98 Å². The lowest BCUT2D eigenvalue weighted by atomic mass is 10.2. The minimum Gasteiger partial charge on any atom is -0.494 e.